The third kappa shape index (κ3) is 2.69. The highest BCUT2D eigenvalue weighted by Crippen LogP contribution is 2.24. The molecule has 2 aromatic heterocycles. The van der Waals surface area contributed by atoms with Gasteiger partial charge in [-0.3, -0.25) is 9.20 Å². The van der Waals surface area contributed by atoms with Gasteiger partial charge < -0.3 is 5.32 Å². The van der Waals surface area contributed by atoms with Gasteiger partial charge in [-0.05, 0) is 36.4 Å². The molecule has 0 saturated heterocycles. The molecule has 1 amide bonds. The van der Waals surface area contributed by atoms with Crippen LogP contribution in [0.3, 0.4) is 0 Å². The van der Waals surface area contributed by atoms with Crippen molar-refractivity contribution in [1.29, 1.82) is 0 Å². The first-order valence-electron chi connectivity index (χ1n) is 7.10. The topological polar surface area (TPSA) is 46.4 Å². The number of imidazole rings is 1. The highest BCUT2D eigenvalue weighted by molar-refractivity contribution is 7.15. The number of rotatable bonds is 3. The van der Waals surface area contributed by atoms with E-state index in [0.29, 0.717) is 11.4 Å². The molecule has 0 aliphatic carbocycles. The van der Waals surface area contributed by atoms with Crippen molar-refractivity contribution in [3.05, 3.63) is 64.6 Å². The van der Waals surface area contributed by atoms with E-state index >= 15 is 0 Å². The monoisotopic (exact) mass is 341 g/mol. The molecule has 0 aliphatic heterocycles. The highest BCUT2D eigenvalue weighted by Gasteiger charge is 2.13. The molecule has 0 unspecified atom stereocenters. The fourth-order valence-electron chi connectivity index (χ4n) is 2.56. The summed E-state index contributed by atoms with van der Waals surface area (Å²) >= 11 is 7.39. The Labute approximate surface area is 141 Å². The number of carbonyl (C=O) groups excluding carboxylic acids is 1. The number of aromatic nitrogens is 2. The Morgan fingerprint density at radius 3 is 2.78 bits per heavy atom. The molecule has 0 atom stereocenters. The zero-order valence-corrected chi connectivity index (χ0v) is 13.6. The molecule has 2 aromatic carbocycles. The van der Waals surface area contributed by atoms with Gasteiger partial charge in [0.1, 0.15) is 0 Å². The summed E-state index contributed by atoms with van der Waals surface area (Å²) in [5.74, 6) is -0.0650. The minimum atomic E-state index is -0.0650. The first-order valence-corrected chi connectivity index (χ1v) is 8.35. The largest absolute Gasteiger partial charge is 0.326 e. The predicted octanol–water partition coefficient (Wildman–Crippen LogP) is 4.38. The smallest absolute Gasteiger partial charge is 0.230 e. The van der Waals surface area contributed by atoms with E-state index in [0.717, 1.165) is 27.4 Å². The summed E-state index contributed by atoms with van der Waals surface area (Å²) in [5, 5.41) is 5.51. The predicted molar refractivity (Wildman–Crippen MR) is 94.4 cm³/mol. The molecule has 4 nitrogen and oxygen atoms in total. The van der Waals surface area contributed by atoms with Crippen molar-refractivity contribution in [1.82, 2.24) is 9.38 Å². The van der Waals surface area contributed by atoms with Crippen molar-refractivity contribution in [2.75, 3.05) is 5.32 Å². The molecule has 114 valence electrons. The third-order valence-electron chi connectivity index (χ3n) is 3.59. The molecule has 0 spiro atoms. The van der Waals surface area contributed by atoms with Crippen LogP contribution in [0.1, 0.15) is 5.69 Å². The molecular formula is C17H12ClN3OS. The van der Waals surface area contributed by atoms with E-state index in [1.807, 2.05) is 34.0 Å². The van der Waals surface area contributed by atoms with Gasteiger partial charge in [0.05, 0.1) is 17.5 Å². The number of nitrogens with zero attached hydrogens (tertiary/aromatic N) is 2. The Morgan fingerprint density at radius 2 is 1.96 bits per heavy atom. The summed E-state index contributed by atoms with van der Waals surface area (Å²) in [5.41, 5.74) is 3.64. The summed E-state index contributed by atoms with van der Waals surface area (Å²) in [7, 11) is 0. The van der Waals surface area contributed by atoms with Crippen molar-refractivity contribution in [2.24, 2.45) is 0 Å². The highest BCUT2D eigenvalue weighted by atomic mass is 35.5. The SMILES string of the molecule is O=C(Cc1csc2nc3ccccc3n12)Nc1ccc(Cl)cc1. The molecule has 2 heterocycles. The van der Waals surface area contributed by atoms with Crippen LogP contribution in [0, 0.1) is 0 Å². The van der Waals surface area contributed by atoms with Crippen LogP contribution < -0.4 is 5.32 Å². The quantitative estimate of drug-likeness (QED) is 0.601. The molecule has 4 aromatic rings. The van der Waals surface area contributed by atoms with Crippen LogP contribution in [0.4, 0.5) is 5.69 Å². The van der Waals surface area contributed by atoms with Crippen molar-refractivity contribution >= 4 is 50.5 Å². The second-order valence-corrected chi connectivity index (χ2v) is 6.45. The average molecular weight is 342 g/mol. The lowest BCUT2D eigenvalue weighted by Gasteiger charge is -2.05. The van der Waals surface area contributed by atoms with Gasteiger partial charge in [0, 0.05) is 21.8 Å². The first kappa shape index (κ1) is 14.2. The number of fused-ring (bicyclic) bond motifs is 3. The molecular weight excluding hydrogens is 330 g/mol. The molecule has 1 N–H and O–H groups in total. The molecule has 6 heteroatoms. The number of amides is 1. The van der Waals surface area contributed by atoms with Gasteiger partial charge in [-0.25, -0.2) is 4.98 Å². The Balaban J connectivity index is 1.62. The maximum absolute atomic E-state index is 12.3. The van der Waals surface area contributed by atoms with Crippen LogP contribution in [-0.2, 0) is 11.2 Å². The number of para-hydroxylation sites is 2. The molecule has 0 fully saturated rings. The standard InChI is InChI=1S/C17H12ClN3OS/c18-11-5-7-12(8-6-11)19-16(22)9-13-10-23-17-20-14-3-1-2-4-15(14)21(13)17/h1-8,10H,9H2,(H,19,22). The number of nitrogens with one attached hydrogen (secondary N) is 1. The molecule has 0 aliphatic rings. The van der Waals surface area contributed by atoms with Gasteiger partial charge in [-0.2, -0.15) is 0 Å². The van der Waals surface area contributed by atoms with E-state index in [1.54, 1.807) is 35.6 Å². The zero-order valence-electron chi connectivity index (χ0n) is 12.0. The lowest BCUT2D eigenvalue weighted by molar-refractivity contribution is -0.115. The number of hydrogen-bond donors (Lipinski definition) is 1. The fourth-order valence-corrected chi connectivity index (χ4v) is 3.59. The van der Waals surface area contributed by atoms with Crippen molar-refractivity contribution < 1.29 is 4.79 Å². The summed E-state index contributed by atoms with van der Waals surface area (Å²) in [4.78, 5) is 17.8. The lowest BCUT2D eigenvalue weighted by atomic mass is 10.2. The first-order chi connectivity index (χ1) is 11.2. The van der Waals surface area contributed by atoms with E-state index in [1.165, 1.54) is 0 Å². The molecule has 0 saturated carbocycles. The van der Waals surface area contributed by atoms with Gasteiger partial charge in [-0.15, -0.1) is 11.3 Å². The average Bonchev–Trinajstić information content (AvgIpc) is 3.09. The Hall–Kier alpha value is -2.37. The van der Waals surface area contributed by atoms with Gasteiger partial charge in [0.2, 0.25) is 5.91 Å². The number of anilines is 1. The van der Waals surface area contributed by atoms with Crippen LogP contribution in [0.25, 0.3) is 16.0 Å². The van der Waals surface area contributed by atoms with Crippen molar-refractivity contribution in [3.8, 4) is 0 Å². The van der Waals surface area contributed by atoms with Crippen LogP contribution >= 0.6 is 22.9 Å². The zero-order chi connectivity index (χ0) is 15.8. The van der Waals surface area contributed by atoms with E-state index in [4.69, 9.17) is 11.6 Å². The van der Waals surface area contributed by atoms with Crippen LogP contribution in [0.15, 0.2) is 53.9 Å². The Kier molecular flexibility index (Phi) is 3.52. The normalized spacial score (nSPS) is 11.2. The van der Waals surface area contributed by atoms with Gasteiger partial charge in [-0.1, -0.05) is 23.7 Å². The summed E-state index contributed by atoms with van der Waals surface area (Å²) < 4.78 is 2.04. The minimum absolute atomic E-state index is 0.0650. The van der Waals surface area contributed by atoms with Crippen molar-refractivity contribution in [2.45, 2.75) is 6.42 Å². The Morgan fingerprint density at radius 1 is 1.17 bits per heavy atom. The number of halogens is 1. The number of hydrogen-bond acceptors (Lipinski definition) is 3. The van der Waals surface area contributed by atoms with Crippen molar-refractivity contribution in [3.63, 3.8) is 0 Å². The number of benzene rings is 2. The van der Waals surface area contributed by atoms with E-state index in [9.17, 15) is 4.79 Å². The number of carbonyl (C=O) groups is 1. The van der Waals surface area contributed by atoms with E-state index in [-0.39, 0.29) is 5.91 Å². The minimum Gasteiger partial charge on any atom is -0.326 e. The molecule has 0 radical (unpaired) electrons. The molecule has 0 bridgehead atoms. The second kappa shape index (κ2) is 5.68. The maximum Gasteiger partial charge on any atom is 0.230 e. The van der Waals surface area contributed by atoms with Crippen LogP contribution in [0.2, 0.25) is 5.02 Å². The van der Waals surface area contributed by atoms with Gasteiger partial charge >= 0.3 is 0 Å². The van der Waals surface area contributed by atoms with Crippen LogP contribution in [-0.4, -0.2) is 15.3 Å². The van der Waals surface area contributed by atoms with E-state index in [2.05, 4.69) is 10.3 Å². The van der Waals surface area contributed by atoms with Gasteiger partial charge in [0.15, 0.2) is 4.96 Å². The van der Waals surface area contributed by atoms with Gasteiger partial charge in [0.25, 0.3) is 0 Å². The summed E-state index contributed by atoms with van der Waals surface area (Å²) in [6.45, 7) is 0. The third-order valence-corrected chi connectivity index (χ3v) is 4.71. The second-order valence-electron chi connectivity index (χ2n) is 5.18. The maximum atomic E-state index is 12.3. The fraction of sp³-hybridized carbons (Fsp3) is 0.0588. The Bertz CT molecular complexity index is 1000. The molecule has 4 rings (SSSR count). The molecule has 23 heavy (non-hydrogen) atoms. The summed E-state index contributed by atoms with van der Waals surface area (Å²) in [6.07, 6.45) is 0.295. The lowest BCUT2D eigenvalue weighted by Crippen LogP contribution is -2.15. The van der Waals surface area contributed by atoms with Crippen LogP contribution in [0.5, 0.6) is 0 Å². The van der Waals surface area contributed by atoms with E-state index < -0.39 is 0 Å². The number of thiazole rings is 1. The summed E-state index contributed by atoms with van der Waals surface area (Å²) in [6, 6.07) is 15.0.